The fourth-order valence-electron chi connectivity index (χ4n) is 4.13. The molecule has 2 N–H and O–H groups in total. The number of rotatable bonds is 6. The second-order valence-electron chi connectivity index (χ2n) is 7.19. The number of methoxy groups -OCH3 is 3. The quantitative estimate of drug-likeness (QED) is 0.605. The second kappa shape index (κ2) is 8.26. The van der Waals surface area contributed by atoms with Gasteiger partial charge in [0.2, 0.25) is 11.7 Å². The average molecular weight is 440 g/mol. The van der Waals surface area contributed by atoms with Gasteiger partial charge in [-0.2, -0.15) is 0 Å². The molecule has 32 heavy (non-hydrogen) atoms. The molecule has 3 aromatic rings. The number of carboxylic acids is 1. The van der Waals surface area contributed by atoms with Crippen LogP contribution in [-0.2, 0) is 4.79 Å². The van der Waals surface area contributed by atoms with Crippen molar-refractivity contribution in [3.63, 3.8) is 0 Å². The minimum absolute atomic E-state index is 0.0250. The van der Waals surface area contributed by atoms with Crippen LogP contribution in [-0.4, -0.2) is 42.9 Å². The topological polar surface area (TPSA) is 99.0 Å². The number of carbonyl (C=O) groups excluding carboxylic acids is 1. The van der Waals surface area contributed by atoms with E-state index in [9.17, 15) is 19.1 Å². The smallest absolute Gasteiger partial charge is 0.339 e. The Morgan fingerprint density at radius 1 is 1.12 bits per heavy atom. The van der Waals surface area contributed by atoms with Crippen LogP contribution in [0.1, 0.15) is 34.0 Å². The predicted molar refractivity (Wildman–Crippen MR) is 114 cm³/mol. The lowest BCUT2D eigenvalue weighted by atomic mass is 9.87. The van der Waals surface area contributed by atoms with Gasteiger partial charge >= 0.3 is 5.97 Å². The molecule has 0 saturated carbocycles. The Morgan fingerprint density at radius 3 is 2.50 bits per heavy atom. The zero-order valence-electron chi connectivity index (χ0n) is 17.6. The maximum Gasteiger partial charge on any atom is 0.339 e. The number of amides is 1. The Hall–Kier alpha value is -4.01. The molecule has 9 heteroatoms. The van der Waals surface area contributed by atoms with E-state index in [1.165, 1.54) is 45.7 Å². The molecular weight excluding hydrogens is 419 g/mol. The number of aromatic carboxylic acids is 1. The van der Waals surface area contributed by atoms with Crippen LogP contribution in [0.15, 0.2) is 42.6 Å². The fourth-order valence-corrected chi connectivity index (χ4v) is 4.13. The molecule has 2 heterocycles. The Morgan fingerprint density at radius 2 is 1.88 bits per heavy atom. The molecule has 8 nitrogen and oxygen atoms in total. The van der Waals surface area contributed by atoms with Crippen LogP contribution in [0, 0.1) is 5.82 Å². The molecule has 0 aliphatic carbocycles. The van der Waals surface area contributed by atoms with Crippen LogP contribution < -0.4 is 19.5 Å². The van der Waals surface area contributed by atoms with Crippen molar-refractivity contribution in [2.75, 3.05) is 26.6 Å². The summed E-state index contributed by atoms with van der Waals surface area (Å²) >= 11 is 0. The average Bonchev–Trinajstić information content (AvgIpc) is 3.17. The van der Waals surface area contributed by atoms with E-state index in [4.69, 9.17) is 14.2 Å². The second-order valence-corrected chi connectivity index (χ2v) is 7.19. The Bertz CT molecular complexity index is 1220. The van der Waals surface area contributed by atoms with E-state index in [1.807, 2.05) is 0 Å². The zero-order valence-corrected chi connectivity index (χ0v) is 17.6. The van der Waals surface area contributed by atoms with Crippen LogP contribution in [0.2, 0.25) is 0 Å². The van der Waals surface area contributed by atoms with Crippen molar-refractivity contribution in [2.24, 2.45) is 0 Å². The van der Waals surface area contributed by atoms with Gasteiger partial charge < -0.3 is 29.2 Å². The van der Waals surface area contributed by atoms with Gasteiger partial charge in [0.05, 0.1) is 32.7 Å². The first-order valence-electron chi connectivity index (χ1n) is 9.72. The first-order chi connectivity index (χ1) is 15.4. The lowest BCUT2D eigenvalue weighted by molar-refractivity contribution is -0.116. The Balaban J connectivity index is 2.01. The first kappa shape index (κ1) is 21.2. The van der Waals surface area contributed by atoms with Crippen LogP contribution in [0.5, 0.6) is 17.2 Å². The molecule has 0 unspecified atom stereocenters. The Labute approximate surface area is 183 Å². The fraction of sp³-hybridized carbons (Fsp3) is 0.217. The highest BCUT2D eigenvalue weighted by Crippen LogP contribution is 2.49. The molecule has 0 spiro atoms. The number of anilines is 1. The number of benzene rings is 2. The zero-order chi connectivity index (χ0) is 23.0. The number of carbonyl (C=O) groups is 2. The molecule has 1 aliphatic rings. The van der Waals surface area contributed by atoms with Crippen molar-refractivity contribution in [1.82, 2.24) is 4.57 Å². The third kappa shape index (κ3) is 3.41. The molecule has 1 amide bonds. The van der Waals surface area contributed by atoms with E-state index < -0.39 is 17.7 Å². The molecule has 0 saturated heterocycles. The van der Waals surface area contributed by atoms with Gasteiger partial charge in [0.1, 0.15) is 11.4 Å². The third-order valence-corrected chi connectivity index (χ3v) is 5.45. The Kier molecular flexibility index (Phi) is 5.48. The van der Waals surface area contributed by atoms with E-state index in [2.05, 4.69) is 5.32 Å². The van der Waals surface area contributed by atoms with Crippen molar-refractivity contribution in [1.29, 1.82) is 0 Å². The van der Waals surface area contributed by atoms with Gasteiger partial charge in [-0.1, -0.05) is 12.1 Å². The van der Waals surface area contributed by atoms with Crippen molar-refractivity contribution in [2.45, 2.75) is 12.3 Å². The van der Waals surface area contributed by atoms with E-state index >= 15 is 0 Å². The number of aromatic nitrogens is 1. The lowest BCUT2D eigenvalue weighted by Crippen LogP contribution is -2.26. The minimum atomic E-state index is -1.21. The summed E-state index contributed by atoms with van der Waals surface area (Å²) in [4.78, 5) is 24.5. The maximum absolute atomic E-state index is 14.0. The number of nitrogens with zero attached hydrogens (tertiary/aromatic N) is 1. The number of hydrogen-bond donors (Lipinski definition) is 2. The molecule has 1 aliphatic heterocycles. The number of ether oxygens (including phenoxy) is 3. The molecule has 0 bridgehead atoms. The highest BCUT2D eigenvalue weighted by Gasteiger charge is 2.36. The summed E-state index contributed by atoms with van der Waals surface area (Å²) in [5.41, 5.74) is 1.60. The summed E-state index contributed by atoms with van der Waals surface area (Å²) in [6.07, 6.45) is 1.41. The highest BCUT2D eigenvalue weighted by atomic mass is 19.1. The molecule has 1 atom stereocenters. The van der Waals surface area contributed by atoms with E-state index in [0.29, 0.717) is 34.2 Å². The summed E-state index contributed by atoms with van der Waals surface area (Å²) in [6.45, 7) is 0. The molecule has 0 fully saturated rings. The summed E-state index contributed by atoms with van der Waals surface area (Å²) in [5.74, 6) is -1.47. The molecule has 166 valence electrons. The van der Waals surface area contributed by atoms with E-state index in [1.54, 1.807) is 22.8 Å². The van der Waals surface area contributed by atoms with E-state index in [0.717, 1.165) is 0 Å². The standard InChI is InChI=1S/C23H21FN2O6/c1-30-17-8-7-14(21(31-2)22(17)32-3)15-10-18(27)25-19-16(23(28)29)11-26(20(15)19)13-6-4-5-12(24)9-13/h4-9,11,15H,10H2,1-3H3,(H,25,27)(H,28,29)/t15-/m0/s1. The van der Waals surface area contributed by atoms with Crippen molar-refractivity contribution in [3.8, 4) is 22.9 Å². The van der Waals surface area contributed by atoms with Crippen molar-refractivity contribution in [3.05, 3.63) is 65.2 Å². The molecular formula is C23H21FN2O6. The summed E-state index contributed by atoms with van der Waals surface area (Å²) in [7, 11) is 4.44. The SMILES string of the molecule is COc1ccc([C@@H]2CC(=O)Nc3c(C(=O)O)cn(-c4cccc(F)c4)c32)c(OC)c1OC. The number of carboxylic acid groups (broad SMARTS) is 1. The number of nitrogens with one attached hydrogen (secondary N) is 1. The molecule has 2 aromatic carbocycles. The van der Waals surface area contributed by atoms with Gasteiger partial charge in [-0.25, -0.2) is 9.18 Å². The predicted octanol–water partition coefficient (Wildman–Crippen LogP) is 3.81. The van der Waals surface area contributed by atoms with Gasteiger partial charge in [0.15, 0.2) is 11.5 Å². The van der Waals surface area contributed by atoms with Gasteiger partial charge in [-0.15, -0.1) is 0 Å². The first-order valence-corrected chi connectivity index (χ1v) is 9.72. The van der Waals surface area contributed by atoms with Gasteiger partial charge in [0.25, 0.3) is 0 Å². The minimum Gasteiger partial charge on any atom is -0.493 e. The van der Waals surface area contributed by atoms with Crippen LogP contribution in [0.4, 0.5) is 10.1 Å². The number of fused-ring (bicyclic) bond motifs is 1. The maximum atomic E-state index is 14.0. The van der Waals surface area contributed by atoms with Gasteiger partial charge in [-0.3, -0.25) is 4.79 Å². The summed E-state index contributed by atoms with van der Waals surface area (Å²) in [5, 5.41) is 12.4. The van der Waals surface area contributed by atoms with Crippen molar-refractivity contribution < 1.29 is 33.3 Å². The van der Waals surface area contributed by atoms with Crippen LogP contribution in [0.25, 0.3) is 5.69 Å². The molecule has 4 rings (SSSR count). The summed E-state index contributed by atoms with van der Waals surface area (Å²) < 4.78 is 32.0. The van der Waals surface area contributed by atoms with Crippen molar-refractivity contribution >= 4 is 17.6 Å². The highest BCUT2D eigenvalue weighted by molar-refractivity contribution is 6.04. The van der Waals surface area contributed by atoms with E-state index in [-0.39, 0.29) is 23.6 Å². The molecule has 1 aromatic heterocycles. The molecule has 0 radical (unpaired) electrons. The lowest BCUT2D eigenvalue weighted by Gasteiger charge is -2.28. The normalized spacial score (nSPS) is 15.0. The number of hydrogen-bond acceptors (Lipinski definition) is 5. The van der Waals surface area contributed by atoms with Crippen LogP contribution >= 0.6 is 0 Å². The van der Waals surface area contributed by atoms with Gasteiger partial charge in [0, 0.05) is 29.8 Å². The summed E-state index contributed by atoms with van der Waals surface area (Å²) in [6, 6.07) is 9.23. The monoisotopic (exact) mass is 440 g/mol. The third-order valence-electron chi connectivity index (χ3n) is 5.45. The number of halogens is 1. The van der Waals surface area contributed by atoms with Gasteiger partial charge in [-0.05, 0) is 24.3 Å². The van der Waals surface area contributed by atoms with Crippen LogP contribution in [0.3, 0.4) is 0 Å². The largest absolute Gasteiger partial charge is 0.493 e.